The highest BCUT2D eigenvalue weighted by Gasteiger charge is 2.25. The molecule has 2 fully saturated rings. The maximum absolute atomic E-state index is 13.1. The van der Waals surface area contributed by atoms with Crippen LogP contribution in [0.5, 0.6) is 0 Å². The first-order chi connectivity index (χ1) is 18.5. The van der Waals surface area contributed by atoms with Crippen molar-refractivity contribution in [3.8, 4) is 11.3 Å². The van der Waals surface area contributed by atoms with Gasteiger partial charge in [-0.05, 0) is 83.6 Å². The molecule has 8 heteroatoms. The lowest BCUT2D eigenvalue weighted by atomic mass is 9.80. The minimum Gasteiger partial charge on any atom is -0.370 e. The van der Waals surface area contributed by atoms with Crippen molar-refractivity contribution in [2.24, 2.45) is 5.92 Å². The van der Waals surface area contributed by atoms with Gasteiger partial charge in [-0.3, -0.25) is 0 Å². The van der Waals surface area contributed by atoms with Gasteiger partial charge in [0.15, 0.2) is 5.65 Å². The SMILES string of the molecule is Cc1ccccc1-c1cc(NCC2CCCN(C(=O)Nc3ccc(C4CCC4)cc3)C2)n2ncc(Br)c2n1. The van der Waals surface area contributed by atoms with E-state index in [1.165, 1.54) is 30.4 Å². The molecule has 1 unspecified atom stereocenters. The number of hydrogen-bond donors (Lipinski definition) is 2. The van der Waals surface area contributed by atoms with E-state index in [0.29, 0.717) is 11.8 Å². The Morgan fingerprint density at radius 3 is 2.66 bits per heavy atom. The van der Waals surface area contributed by atoms with Gasteiger partial charge in [0.1, 0.15) is 5.82 Å². The van der Waals surface area contributed by atoms with Crippen LogP contribution < -0.4 is 10.6 Å². The average Bonchev–Trinajstić information content (AvgIpc) is 3.28. The number of urea groups is 1. The molecular weight excluding hydrogens is 540 g/mol. The molecule has 38 heavy (non-hydrogen) atoms. The second-order valence-corrected chi connectivity index (χ2v) is 11.4. The minimum absolute atomic E-state index is 0.0183. The first-order valence-electron chi connectivity index (χ1n) is 13.6. The molecule has 1 aliphatic carbocycles. The highest BCUT2D eigenvalue weighted by Crippen LogP contribution is 2.36. The predicted molar refractivity (Wildman–Crippen MR) is 156 cm³/mol. The number of nitrogens with zero attached hydrogens (tertiary/aromatic N) is 4. The van der Waals surface area contributed by atoms with E-state index in [9.17, 15) is 4.79 Å². The molecule has 1 saturated heterocycles. The molecule has 2 aromatic carbocycles. The van der Waals surface area contributed by atoms with Crippen molar-refractivity contribution in [1.29, 1.82) is 0 Å². The number of likely N-dealkylation sites (tertiary alicyclic amines) is 1. The zero-order chi connectivity index (χ0) is 26.1. The van der Waals surface area contributed by atoms with Gasteiger partial charge in [0, 0.05) is 37.0 Å². The number of benzene rings is 2. The van der Waals surface area contributed by atoms with Gasteiger partial charge < -0.3 is 15.5 Å². The molecule has 6 rings (SSSR count). The first kappa shape index (κ1) is 24.9. The lowest BCUT2D eigenvalue weighted by Gasteiger charge is -2.33. The van der Waals surface area contributed by atoms with Crippen LogP contribution in [0, 0.1) is 12.8 Å². The average molecular weight is 574 g/mol. The van der Waals surface area contributed by atoms with Gasteiger partial charge in [-0.2, -0.15) is 9.61 Å². The molecule has 7 nitrogen and oxygen atoms in total. The Labute approximate surface area is 231 Å². The van der Waals surface area contributed by atoms with Crippen LogP contribution in [-0.4, -0.2) is 45.2 Å². The number of anilines is 2. The summed E-state index contributed by atoms with van der Waals surface area (Å²) in [5.41, 5.74) is 6.22. The number of piperidine rings is 1. The summed E-state index contributed by atoms with van der Waals surface area (Å²) < 4.78 is 2.70. The molecule has 0 radical (unpaired) electrons. The standard InChI is InChI=1S/C30H33BrN6O/c1-20-6-2-3-10-25(20)27-16-28(37-29(35-27)26(31)18-33-37)32-17-21-7-5-15-36(19-21)30(38)34-24-13-11-23(12-14-24)22-8-4-9-22/h2-3,6,10-14,16,18,21-22,32H,4-5,7-9,15,17,19H2,1H3,(H,34,38). The summed E-state index contributed by atoms with van der Waals surface area (Å²) in [4.78, 5) is 19.9. The van der Waals surface area contributed by atoms with Crippen LogP contribution >= 0.6 is 15.9 Å². The summed E-state index contributed by atoms with van der Waals surface area (Å²) >= 11 is 3.60. The maximum Gasteiger partial charge on any atom is 0.321 e. The van der Waals surface area contributed by atoms with Gasteiger partial charge in [0.25, 0.3) is 0 Å². The lowest BCUT2D eigenvalue weighted by molar-refractivity contribution is 0.180. The van der Waals surface area contributed by atoms with Gasteiger partial charge in [-0.15, -0.1) is 0 Å². The Hall–Kier alpha value is -3.39. The second kappa shape index (κ2) is 10.8. The number of hydrogen-bond acceptors (Lipinski definition) is 4. The van der Waals surface area contributed by atoms with Crippen molar-refractivity contribution in [2.75, 3.05) is 30.3 Å². The van der Waals surface area contributed by atoms with Crippen LogP contribution in [0.15, 0.2) is 65.3 Å². The van der Waals surface area contributed by atoms with E-state index < -0.39 is 0 Å². The fraction of sp³-hybridized carbons (Fsp3) is 0.367. The lowest BCUT2D eigenvalue weighted by Crippen LogP contribution is -2.44. The molecule has 1 saturated carbocycles. The summed E-state index contributed by atoms with van der Waals surface area (Å²) in [5, 5.41) is 11.2. The smallest absolute Gasteiger partial charge is 0.321 e. The second-order valence-electron chi connectivity index (χ2n) is 10.6. The van der Waals surface area contributed by atoms with E-state index in [1.807, 2.05) is 33.7 Å². The van der Waals surface area contributed by atoms with Crippen molar-refractivity contribution in [3.63, 3.8) is 0 Å². The van der Waals surface area contributed by atoms with Crippen molar-refractivity contribution in [1.82, 2.24) is 19.5 Å². The molecule has 1 aliphatic heterocycles. The number of aryl methyl sites for hydroxylation is 1. The summed E-state index contributed by atoms with van der Waals surface area (Å²) in [6.45, 7) is 4.36. The largest absolute Gasteiger partial charge is 0.370 e. The minimum atomic E-state index is -0.0183. The number of carbonyl (C=O) groups is 1. The Kier molecular flexibility index (Phi) is 7.06. The molecule has 2 aliphatic rings. The number of halogens is 1. The van der Waals surface area contributed by atoms with Gasteiger partial charge in [0.2, 0.25) is 0 Å². The number of amides is 2. The van der Waals surface area contributed by atoms with Gasteiger partial charge in [-0.1, -0.05) is 42.8 Å². The summed E-state index contributed by atoms with van der Waals surface area (Å²) in [6, 6.07) is 18.7. The zero-order valence-electron chi connectivity index (χ0n) is 21.7. The molecule has 4 aromatic rings. The summed E-state index contributed by atoms with van der Waals surface area (Å²) in [5.74, 6) is 1.94. The number of fused-ring (bicyclic) bond motifs is 1. The van der Waals surface area contributed by atoms with Crippen molar-refractivity contribution in [2.45, 2.75) is 44.9 Å². The third-order valence-corrected chi connectivity index (χ3v) is 8.53. The van der Waals surface area contributed by atoms with Gasteiger partial charge in [-0.25, -0.2) is 9.78 Å². The maximum atomic E-state index is 13.1. The number of nitrogens with one attached hydrogen (secondary N) is 2. The van der Waals surface area contributed by atoms with Crippen molar-refractivity contribution in [3.05, 3.63) is 76.4 Å². The quantitative estimate of drug-likeness (QED) is 0.258. The Morgan fingerprint density at radius 1 is 1.08 bits per heavy atom. The summed E-state index contributed by atoms with van der Waals surface area (Å²) in [6.07, 6.45) is 7.74. The molecule has 2 amide bonds. The molecule has 196 valence electrons. The number of rotatable bonds is 6. The van der Waals surface area contributed by atoms with Crippen LogP contribution in [0.4, 0.5) is 16.3 Å². The van der Waals surface area contributed by atoms with E-state index in [-0.39, 0.29) is 6.03 Å². The molecule has 2 aromatic heterocycles. The molecule has 3 heterocycles. The molecule has 0 spiro atoms. The van der Waals surface area contributed by atoms with Crippen LogP contribution in [0.3, 0.4) is 0 Å². The Morgan fingerprint density at radius 2 is 1.89 bits per heavy atom. The van der Waals surface area contributed by atoms with E-state index in [4.69, 9.17) is 4.98 Å². The fourth-order valence-electron chi connectivity index (χ4n) is 5.51. The molecular formula is C30H33BrN6O. The van der Waals surface area contributed by atoms with E-state index in [2.05, 4.69) is 68.9 Å². The molecule has 2 N–H and O–H groups in total. The molecule has 0 bridgehead atoms. The third-order valence-electron chi connectivity index (χ3n) is 7.97. The molecule has 1 atom stereocenters. The predicted octanol–water partition coefficient (Wildman–Crippen LogP) is 7.09. The highest BCUT2D eigenvalue weighted by atomic mass is 79.9. The summed E-state index contributed by atoms with van der Waals surface area (Å²) in [7, 11) is 0. The van der Waals surface area contributed by atoms with Crippen molar-refractivity contribution < 1.29 is 4.79 Å². The number of aromatic nitrogens is 3. The van der Waals surface area contributed by atoms with E-state index in [0.717, 1.165) is 65.4 Å². The van der Waals surface area contributed by atoms with E-state index >= 15 is 0 Å². The first-order valence-corrected chi connectivity index (χ1v) is 14.3. The van der Waals surface area contributed by atoms with E-state index in [1.54, 1.807) is 6.20 Å². The van der Waals surface area contributed by atoms with Crippen LogP contribution in [-0.2, 0) is 0 Å². The fourth-order valence-corrected chi connectivity index (χ4v) is 5.86. The zero-order valence-corrected chi connectivity index (χ0v) is 23.2. The normalized spacial score (nSPS) is 17.8. The Bertz CT molecular complexity index is 1450. The van der Waals surface area contributed by atoms with Gasteiger partial charge in [0.05, 0.1) is 16.4 Å². The Balaban J connectivity index is 1.12. The van der Waals surface area contributed by atoms with Gasteiger partial charge >= 0.3 is 6.03 Å². The topological polar surface area (TPSA) is 74.6 Å². The highest BCUT2D eigenvalue weighted by molar-refractivity contribution is 9.10. The van der Waals surface area contributed by atoms with Crippen LogP contribution in [0.1, 0.15) is 49.1 Å². The monoisotopic (exact) mass is 572 g/mol. The van der Waals surface area contributed by atoms with Crippen LogP contribution in [0.25, 0.3) is 16.9 Å². The third kappa shape index (κ3) is 5.14. The van der Waals surface area contributed by atoms with Crippen LogP contribution in [0.2, 0.25) is 0 Å². The van der Waals surface area contributed by atoms with Crippen molar-refractivity contribution >= 4 is 39.1 Å². The number of carbonyl (C=O) groups excluding carboxylic acids is 1.